The fourth-order valence-electron chi connectivity index (χ4n) is 6.51. The summed E-state index contributed by atoms with van der Waals surface area (Å²) in [6.45, 7) is 6.60. The minimum absolute atomic E-state index is 0. The van der Waals surface area contributed by atoms with E-state index in [1.165, 1.54) is 204 Å². The Morgan fingerprint density at radius 2 is 0.521 bits per heavy atom. The van der Waals surface area contributed by atoms with E-state index in [9.17, 15) is 0 Å². The van der Waals surface area contributed by atoms with Gasteiger partial charge in [0.2, 0.25) is 0 Å². The summed E-state index contributed by atoms with van der Waals surface area (Å²) in [7, 11) is 0. The number of ether oxygens (including phenoxy) is 1. The summed E-state index contributed by atoms with van der Waals surface area (Å²) in [5.74, 6) is 0. The fourth-order valence-corrected chi connectivity index (χ4v) is 6.51. The molecule has 0 aliphatic rings. The van der Waals surface area contributed by atoms with Crippen molar-refractivity contribution in [3.05, 3.63) is 60.7 Å². The Balaban J connectivity index is 0. The van der Waals surface area contributed by atoms with E-state index in [1.54, 1.807) is 0 Å². The van der Waals surface area contributed by atoms with E-state index in [-0.39, 0.29) is 31.0 Å². The topological polar surface area (TPSA) is 9.23 Å². The van der Waals surface area contributed by atoms with Gasteiger partial charge in [-0.2, -0.15) is 0 Å². The van der Waals surface area contributed by atoms with Crippen LogP contribution in [-0.4, -0.2) is 13.2 Å². The van der Waals surface area contributed by atoms with Gasteiger partial charge in [-0.1, -0.05) is 254 Å². The van der Waals surface area contributed by atoms with Gasteiger partial charge >= 0.3 is 29.6 Å². The Morgan fingerprint density at radius 3 is 0.750 bits per heavy atom. The molecule has 0 saturated heterocycles. The second-order valence-corrected chi connectivity index (χ2v) is 14.2. The predicted molar refractivity (Wildman–Crippen MR) is 214 cm³/mol. The van der Waals surface area contributed by atoms with Gasteiger partial charge in [-0.15, -0.1) is 0 Å². The molecule has 0 N–H and O–H groups in total. The Bertz CT molecular complexity index is 760. The molecule has 0 bridgehead atoms. The maximum absolute atomic E-state index is 5.86. The molecule has 2 aromatic rings. The van der Waals surface area contributed by atoms with Crippen molar-refractivity contribution < 1.29 is 35.7 Å². The third kappa shape index (κ3) is 33.9. The average molecular weight is 673 g/mol. The van der Waals surface area contributed by atoms with Crippen LogP contribution in [-0.2, 0) is 4.74 Å². The molecule has 272 valence electrons. The molecular weight excluding hydrogens is 591 g/mol. The minimum Gasteiger partial charge on any atom is -1.00 e. The summed E-state index contributed by atoms with van der Waals surface area (Å²) in [6, 6.07) is 20.8. The van der Waals surface area contributed by atoms with Crippen molar-refractivity contribution >= 4 is 0 Å². The van der Waals surface area contributed by atoms with E-state index >= 15 is 0 Å². The monoisotopic (exact) mass is 673 g/mol. The van der Waals surface area contributed by atoms with Gasteiger partial charge in [0.1, 0.15) is 0 Å². The Hall–Kier alpha value is -0.600. The van der Waals surface area contributed by atoms with E-state index in [1.807, 2.05) is 12.1 Å². The molecule has 2 heteroatoms. The average Bonchev–Trinajstić information content (AvgIpc) is 3.11. The zero-order valence-corrected chi connectivity index (χ0v) is 34.8. The van der Waals surface area contributed by atoms with Crippen LogP contribution in [0.5, 0.6) is 0 Å². The summed E-state index contributed by atoms with van der Waals surface area (Å²) in [5, 5.41) is 0. The van der Waals surface area contributed by atoms with E-state index in [4.69, 9.17) is 4.74 Å². The van der Waals surface area contributed by atoms with Gasteiger partial charge < -0.3 is 6.16 Å². The summed E-state index contributed by atoms with van der Waals surface area (Å²) < 4.78 is 5.86. The molecule has 2 aromatic carbocycles. The minimum atomic E-state index is 0. The summed E-state index contributed by atoms with van der Waals surface area (Å²) >= 11 is 0. The van der Waals surface area contributed by atoms with E-state index in [0.29, 0.717) is 0 Å². The van der Waals surface area contributed by atoms with Crippen LogP contribution in [0.15, 0.2) is 60.7 Å². The molecule has 0 aliphatic heterocycles. The molecular formula is C46H81NaO. The van der Waals surface area contributed by atoms with Crippen LogP contribution in [0.2, 0.25) is 0 Å². The van der Waals surface area contributed by atoms with Crippen LogP contribution in [0.1, 0.15) is 208 Å². The van der Waals surface area contributed by atoms with Crippen LogP contribution >= 0.6 is 0 Å². The smallest absolute Gasteiger partial charge is 1.00 e. The maximum Gasteiger partial charge on any atom is 1.00 e. The van der Waals surface area contributed by atoms with Crippen LogP contribution < -0.4 is 29.6 Å². The van der Waals surface area contributed by atoms with E-state index in [0.717, 1.165) is 13.2 Å². The summed E-state index contributed by atoms with van der Waals surface area (Å²) in [4.78, 5) is 0. The third-order valence-electron chi connectivity index (χ3n) is 9.67. The number of unbranched alkanes of at least 4 members (excludes halogenated alkanes) is 28. The van der Waals surface area contributed by atoms with Crippen molar-refractivity contribution in [1.29, 1.82) is 0 Å². The third-order valence-corrected chi connectivity index (χ3v) is 9.67. The van der Waals surface area contributed by atoms with Crippen molar-refractivity contribution in [3.8, 4) is 11.1 Å². The molecule has 0 aromatic heterocycles. The molecule has 0 radical (unpaired) electrons. The largest absolute Gasteiger partial charge is 1.00 e. The van der Waals surface area contributed by atoms with Crippen LogP contribution in [0.25, 0.3) is 11.1 Å². The quantitative estimate of drug-likeness (QED) is 0.0542. The maximum atomic E-state index is 5.86. The first-order valence-corrected chi connectivity index (χ1v) is 21.1. The Labute approximate surface area is 325 Å². The standard InChI is InChI=1S/C34H70O.C12H10.Na.H/c1-3-5-7-9-11-13-15-17-19-21-23-25-27-29-31-33-35-34-32-30-28-26-24-22-20-18-16-14-12-10-8-6-4-2;1-3-7-11(8-4-1)12-9-5-2-6-10-12;;/h3-34H2,1-2H3;1-10H;;/q;;+1;-1. The van der Waals surface area contributed by atoms with Crippen molar-refractivity contribution in [2.75, 3.05) is 13.2 Å². The molecule has 0 saturated carbocycles. The zero-order valence-electron chi connectivity index (χ0n) is 33.8. The summed E-state index contributed by atoms with van der Waals surface area (Å²) in [6.07, 6.45) is 43.0. The van der Waals surface area contributed by atoms with Gasteiger partial charge in [0.05, 0.1) is 0 Å². The van der Waals surface area contributed by atoms with Gasteiger partial charge in [0, 0.05) is 13.2 Å². The molecule has 0 atom stereocenters. The van der Waals surface area contributed by atoms with Crippen molar-refractivity contribution in [2.24, 2.45) is 0 Å². The Kier molecular flexibility index (Phi) is 40.3. The van der Waals surface area contributed by atoms with Crippen molar-refractivity contribution in [1.82, 2.24) is 0 Å². The number of hydrogen-bond donors (Lipinski definition) is 0. The molecule has 1 nitrogen and oxygen atoms in total. The predicted octanol–water partition coefficient (Wildman–Crippen LogP) is 13.2. The Morgan fingerprint density at radius 1 is 0.312 bits per heavy atom. The first kappa shape index (κ1) is 47.4. The van der Waals surface area contributed by atoms with E-state index in [2.05, 4.69) is 62.4 Å². The molecule has 0 unspecified atom stereocenters. The van der Waals surface area contributed by atoms with Crippen molar-refractivity contribution in [3.63, 3.8) is 0 Å². The van der Waals surface area contributed by atoms with Gasteiger partial charge in [-0.05, 0) is 24.0 Å². The number of rotatable bonds is 33. The summed E-state index contributed by atoms with van der Waals surface area (Å²) in [5.41, 5.74) is 2.55. The molecule has 0 fully saturated rings. The van der Waals surface area contributed by atoms with Crippen LogP contribution in [0.3, 0.4) is 0 Å². The van der Waals surface area contributed by atoms with Crippen molar-refractivity contribution in [2.45, 2.75) is 206 Å². The van der Waals surface area contributed by atoms with Gasteiger partial charge in [-0.3, -0.25) is 0 Å². The second-order valence-electron chi connectivity index (χ2n) is 14.2. The van der Waals surface area contributed by atoms with Gasteiger partial charge in [0.15, 0.2) is 0 Å². The van der Waals surface area contributed by atoms with Gasteiger partial charge in [0.25, 0.3) is 0 Å². The SMILES string of the molecule is CCCCCCCCCCCCCCCCCOCCCCCCCCCCCCCCCCC.[H-].[Na+].c1ccc(-c2ccccc2)cc1. The first-order chi connectivity index (χ1) is 23.4. The van der Waals surface area contributed by atoms with E-state index < -0.39 is 0 Å². The number of hydrogen-bond acceptors (Lipinski definition) is 1. The zero-order chi connectivity index (χ0) is 33.6. The second kappa shape index (κ2) is 40.8. The molecule has 2 rings (SSSR count). The number of benzene rings is 2. The fraction of sp³-hybridized carbons (Fsp3) is 0.739. The van der Waals surface area contributed by atoms with Gasteiger partial charge in [-0.25, -0.2) is 0 Å². The first-order valence-electron chi connectivity index (χ1n) is 21.1. The molecule has 0 aliphatic carbocycles. The molecule has 48 heavy (non-hydrogen) atoms. The van der Waals surface area contributed by atoms with Crippen LogP contribution in [0.4, 0.5) is 0 Å². The van der Waals surface area contributed by atoms with Crippen LogP contribution in [0, 0.1) is 0 Å². The molecule has 0 amide bonds. The normalized spacial score (nSPS) is 10.8. The molecule has 0 spiro atoms. The molecule has 0 heterocycles.